The van der Waals surface area contributed by atoms with Crippen LogP contribution in [0.1, 0.15) is 19.8 Å². The smallest absolute Gasteiger partial charge is 0.222 e. The van der Waals surface area contributed by atoms with Crippen LogP contribution >= 0.6 is 11.6 Å². The zero-order valence-electron chi connectivity index (χ0n) is 8.38. The lowest BCUT2D eigenvalue weighted by Gasteiger charge is -2.16. The molecular formula is C9H18ClNO2. The zero-order valence-corrected chi connectivity index (χ0v) is 9.14. The van der Waals surface area contributed by atoms with E-state index in [4.69, 9.17) is 16.3 Å². The van der Waals surface area contributed by atoms with E-state index in [2.05, 4.69) is 0 Å². The fraction of sp³-hybridized carbons (Fsp3) is 0.889. The fourth-order valence-electron chi connectivity index (χ4n) is 0.879. The number of hydrogen-bond acceptors (Lipinski definition) is 2. The highest BCUT2D eigenvalue weighted by molar-refractivity contribution is 6.17. The van der Waals surface area contributed by atoms with E-state index in [-0.39, 0.29) is 5.91 Å². The number of carbonyl (C=O) groups excluding carboxylic acids is 1. The minimum Gasteiger partial charge on any atom is -0.380 e. The van der Waals surface area contributed by atoms with E-state index in [1.54, 1.807) is 11.9 Å². The summed E-state index contributed by atoms with van der Waals surface area (Å²) in [6.07, 6.45) is 1.28. The summed E-state index contributed by atoms with van der Waals surface area (Å²) in [6, 6.07) is 0. The Bertz CT molecular complexity index is 142. The summed E-state index contributed by atoms with van der Waals surface area (Å²) in [5, 5.41) is 0. The molecule has 0 unspecified atom stereocenters. The molecule has 0 aliphatic rings. The van der Waals surface area contributed by atoms with Crippen molar-refractivity contribution in [3.05, 3.63) is 0 Å². The number of likely N-dealkylation sites (N-methyl/N-ethyl adjacent to an activating group) is 1. The molecule has 0 bridgehead atoms. The van der Waals surface area contributed by atoms with Crippen LogP contribution in [0.5, 0.6) is 0 Å². The molecule has 13 heavy (non-hydrogen) atoms. The van der Waals surface area contributed by atoms with E-state index >= 15 is 0 Å². The molecule has 0 aromatic carbocycles. The SMILES string of the molecule is CCOCCN(C)C(=O)CCCCl. The number of rotatable bonds is 7. The maximum Gasteiger partial charge on any atom is 0.222 e. The third-order valence-electron chi connectivity index (χ3n) is 1.73. The maximum atomic E-state index is 11.3. The van der Waals surface area contributed by atoms with Gasteiger partial charge in [-0.2, -0.15) is 0 Å². The van der Waals surface area contributed by atoms with Gasteiger partial charge >= 0.3 is 0 Å². The van der Waals surface area contributed by atoms with Crippen molar-refractivity contribution in [1.29, 1.82) is 0 Å². The van der Waals surface area contributed by atoms with Gasteiger partial charge in [0.15, 0.2) is 0 Å². The molecule has 0 spiro atoms. The fourth-order valence-corrected chi connectivity index (χ4v) is 1.01. The summed E-state index contributed by atoms with van der Waals surface area (Å²) in [5.41, 5.74) is 0. The Morgan fingerprint density at radius 1 is 1.54 bits per heavy atom. The van der Waals surface area contributed by atoms with Crippen molar-refractivity contribution in [2.45, 2.75) is 19.8 Å². The molecule has 4 heteroatoms. The molecule has 78 valence electrons. The predicted molar refractivity (Wildman–Crippen MR) is 54.1 cm³/mol. The van der Waals surface area contributed by atoms with Crippen molar-refractivity contribution >= 4 is 17.5 Å². The number of halogens is 1. The van der Waals surface area contributed by atoms with Crippen LogP contribution in [0.2, 0.25) is 0 Å². The van der Waals surface area contributed by atoms with Crippen LogP contribution in [0.25, 0.3) is 0 Å². The molecule has 0 rings (SSSR count). The molecular weight excluding hydrogens is 190 g/mol. The minimum atomic E-state index is 0.139. The Morgan fingerprint density at radius 3 is 2.77 bits per heavy atom. The van der Waals surface area contributed by atoms with E-state index in [1.807, 2.05) is 6.92 Å². The minimum absolute atomic E-state index is 0.139. The lowest BCUT2D eigenvalue weighted by atomic mass is 10.3. The molecule has 0 atom stereocenters. The van der Waals surface area contributed by atoms with E-state index in [9.17, 15) is 4.79 Å². The molecule has 0 aromatic heterocycles. The van der Waals surface area contributed by atoms with E-state index in [0.717, 1.165) is 6.42 Å². The van der Waals surface area contributed by atoms with Crippen LogP contribution in [0.3, 0.4) is 0 Å². The highest BCUT2D eigenvalue weighted by Crippen LogP contribution is 1.97. The van der Waals surface area contributed by atoms with Crippen LogP contribution in [0, 0.1) is 0 Å². The molecule has 1 amide bonds. The lowest BCUT2D eigenvalue weighted by Crippen LogP contribution is -2.29. The summed E-state index contributed by atoms with van der Waals surface area (Å²) in [4.78, 5) is 13.0. The van der Waals surface area contributed by atoms with Gasteiger partial charge in [0, 0.05) is 32.5 Å². The average Bonchev–Trinajstić information content (AvgIpc) is 2.14. The largest absolute Gasteiger partial charge is 0.380 e. The van der Waals surface area contributed by atoms with Gasteiger partial charge in [0.1, 0.15) is 0 Å². The standard InChI is InChI=1S/C9H18ClNO2/c1-3-13-8-7-11(2)9(12)5-4-6-10/h3-8H2,1-2H3. The van der Waals surface area contributed by atoms with Gasteiger partial charge in [-0.25, -0.2) is 0 Å². The monoisotopic (exact) mass is 207 g/mol. The van der Waals surface area contributed by atoms with Crippen LogP contribution in [-0.2, 0) is 9.53 Å². The van der Waals surface area contributed by atoms with Gasteiger partial charge < -0.3 is 9.64 Å². The van der Waals surface area contributed by atoms with Crippen molar-refractivity contribution < 1.29 is 9.53 Å². The molecule has 0 aliphatic carbocycles. The van der Waals surface area contributed by atoms with Crippen molar-refractivity contribution in [1.82, 2.24) is 4.90 Å². The Kier molecular flexibility index (Phi) is 8.14. The number of amides is 1. The predicted octanol–water partition coefficient (Wildman–Crippen LogP) is 1.50. The van der Waals surface area contributed by atoms with E-state index in [1.165, 1.54) is 0 Å². The third kappa shape index (κ3) is 6.84. The number of ether oxygens (including phenoxy) is 1. The first-order valence-electron chi connectivity index (χ1n) is 4.60. The zero-order chi connectivity index (χ0) is 10.1. The van der Waals surface area contributed by atoms with Gasteiger partial charge in [0.05, 0.1) is 6.61 Å². The molecule has 0 radical (unpaired) electrons. The van der Waals surface area contributed by atoms with Gasteiger partial charge in [-0.15, -0.1) is 11.6 Å². The normalized spacial score (nSPS) is 10.1. The molecule has 0 saturated carbocycles. The van der Waals surface area contributed by atoms with Gasteiger partial charge in [-0.1, -0.05) is 0 Å². The van der Waals surface area contributed by atoms with Gasteiger partial charge in [0.25, 0.3) is 0 Å². The average molecular weight is 208 g/mol. The first-order valence-corrected chi connectivity index (χ1v) is 5.13. The first-order chi connectivity index (χ1) is 6.22. The summed E-state index contributed by atoms with van der Waals surface area (Å²) in [6.45, 7) is 3.91. The van der Waals surface area contributed by atoms with E-state index < -0.39 is 0 Å². The van der Waals surface area contributed by atoms with Crippen molar-refractivity contribution in [3.63, 3.8) is 0 Å². The molecule has 0 fully saturated rings. The number of nitrogens with zero attached hydrogens (tertiary/aromatic N) is 1. The van der Waals surface area contributed by atoms with Crippen LogP contribution in [-0.4, -0.2) is 43.5 Å². The molecule has 0 aliphatic heterocycles. The number of hydrogen-bond donors (Lipinski definition) is 0. The second-order valence-corrected chi connectivity index (χ2v) is 3.18. The Balaban J connectivity index is 3.45. The number of carbonyl (C=O) groups is 1. The third-order valence-corrected chi connectivity index (χ3v) is 1.99. The Hall–Kier alpha value is -0.280. The van der Waals surface area contributed by atoms with Crippen LogP contribution in [0.4, 0.5) is 0 Å². The summed E-state index contributed by atoms with van der Waals surface area (Å²) in [5.74, 6) is 0.686. The highest BCUT2D eigenvalue weighted by Gasteiger charge is 2.06. The lowest BCUT2D eigenvalue weighted by molar-refractivity contribution is -0.130. The van der Waals surface area contributed by atoms with Crippen molar-refractivity contribution in [2.24, 2.45) is 0 Å². The molecule has 0 aromatic rings. The topological polar surface area (TPSA) is 29.5 Å². The molecule has 0 heterocycles. The summed E-state index contributed by atoms with van der Waals surface area (Å²) < 4.78 is 5.14. The molecule has 0 N–H and O–H groups in total. The quantitative estimate of drug-likeness (QED) is 0.468. The molecule has 0 saturated heterocycles. The maximum absolute atomic E-state index is 11.3. The van der Waals surface area contributed by atoms with Crippen molar-refractivity contribution in [3.8, 4) is 0 Å². The highest BCUT2D eigenvalue weighted by atomic mass is 35.5. The first kappa shape index (κ1) is 12.7. The van der Waals surface area contributed by atoms with Gasteiger partial charge in [-0.05, 0) is 13.3 Å². The second-order valence-electron chi connectivity index (χ2n) is 2.80. The summed E-state index contributed by atoms with van der Waals surface area (Å²) >= 11 is 5.48. The van der Waals surface area contributed by atoms with Crippen molar-refractivity contribution in [2.75, 3.05) is 32.7 Å². The number of alkyl halides is 1. The van der Waals surface area contributed by atoms with E-state index in [0.29, 0.717) is 32.1 Å². The molecule has 3 nitrogen and oxygen atoms in total. The second kappa shape index (κ2) is 8.32. The van der Waals surface area contributed by atoms with Gasteiger partial charge in [-0.3, -0.25) is 4.79 Å². The van der Waals surface area contributed by atoms with Crippen LogP contribution < -0.4 is 0 Å². The summed E-state index contributed by atoms with van der Waals surface area (Å²) in [7, 11) is 1.79. The van der Waals surface area contributed by atoms with Crippen LogP contribution in [0.15, 0.2) is 0 Å². The Morgan fingerprint density at radius 2 is 2.23 bits per heavy atom. The Labute approximate surface area is 85.0 Å². The van der Waals surface area contributed by atoms with Gasteiger partial charge in [0.2, 0.25) is 5.91 Å².